The van der Waals surface area contributed by atoms with E-state index in [9.17, 15) is 4.79 Å². The summed E-state index contributed by atoms with van der Waals surface area (Å²) in [4.78, 5) is 13.2. The number of carbonyl (C=O) groups is 1. The highest BCUT2D eigenvalue weighted by Crippen LogP contribution is 1.94. The van der Waals surface area contributed by atoms with Gasteiger partial charge in [-0.15, -0.1) is 0 Å². The summed E-state index contributed by atoms with van der Waals surface area (Å²) in [6.45, 7) is 6.31. The van der Waals surface area contributed by atoms with Gasteiger partial charge in [-0.05, 0) is 6.42 Å². The molecule has 0 aromatic heterocycles. The highest BCUT2D eigenvalue weighted by atomic mass is 16.5. The number of hydrogen-bond donors (Lipinski definition) is 2. The number of amides is 1. The number of nitrogens with zero attached hydrogens (tertiary/aromatic N) is 1. The normalized spacial score (nSPS) is 17.7. The molecule has 0 aliphatic carbocycles. The summed E-state index contributed by atoms with van der Waals surface area (Å²) >= 11 is 0. The molecule has 1 amide bonds. The highest BCUT2D eigenvalue weighted by molar-refractivity contribution is 5.76. The van der Waals surface area contributed by atoms with Gasteiger partial charge in [0.05, 0.1) is 0 Å². The molecule has 2 N–H and O–H groups in total. The minimum Gasteiger partial charge on any atom is -0.372 e. The first-order valence-electron chi connectivity index (χ1n) is 5.54. The second kappa shape index (κ2) is 7.62. The molecule has 1 heterocycles. The topological polar surface area (TPSA) is 53.6 Å². The zero-order chi connectivity index (χ0) is 10.9. The van der Waals surface area contributed by atoms with E-state index in [0.29, 0.717) is 6.61 Å². The molecule has 0 bridgehead atoms. The van der Waals surface area contributed by atoms with E-state index in [1.807, 2.05) is 0 Å². The molecular formula is C10H21N3O2. The molecule has 0 aromatic rings. The van der Waals surface area contributed by atoms with Crippen LogP contribution in [0.3, 0.4) is 0 Å². The Morgan fingerprint density at radius 1 is 1.47 bits per heavy atom. The van der Waals surface area contributed by atoms with Gasteiger partial charge in [0.1, 0.15) is 6.61 Å². The molecule has 0 saturated carbocycles. The Morgan fingerprint density at radius 2 is 2.20 bits per heavy atom. The third-order valence-corrected chi connectivity index (χ3v) is 2.48. The largest absolute Gasteiger partial charge is 0.372 e. The SMILES string of the molecule is CNC(=O)COCCCN1CCNCC1. The van der Waals surface area contributed by atoms with Gasteiger partial charge in [0, 0.05) is 46.4 Å². The first-order valence-corrected chi connectivity index (χ1v) is 5.54. The predicted molar refractivity (Wildman–Crippen MR) is 58.8 cm³/mol. The third kappa shape index (κ3) is 5.71. The molecular weight excluding hydrogens is 194 g/mol. The van der Waals surface area contributed by atoms with E-state index in [1.165, 1.54) is 0 Å². The van der Waals surface area contributed by atoms with Crippen molar-refractivity contribution in [3.63, 3.8) is 0 Å². The fourth-order valence-corrected chi connectivity index (χ4v) is 1.56. The van der Waals surface area contributed by atoms with Crippen LogP contribution in [0.5, 0.6) is 0 Å². The van der Waals surface area contributed by atoms with Crippen LogP contribution in [0.15, 0.2) is 0 Å². The second-order valence-electron chi connectivity index (χ2n) is 3.67. The first kappa shape index (κ1) is 12.4. The minimum absolute atomic E-state index is 0.0582. The molecule has 1 aliphatic rings. The van der Waals surface area contributed by atoms with Crippen molar-refractivity contribution in [2.75, 3.05) is 53.0 Å². The molecule has 1 aliphatic heterocycles. The van der Waals surface area contributed by atoms with Crippen LogP contribution in [-0.4, -0.2) is 63.8 Å². The summed E-state index contributed by atoms with van der Waals surface area (Å²) in [5.41, 5.74) is 0. The van der Waals surface area contributed by atoms with Gasteiger partial charge < -0.3 is 20.3 Å². The Hall–Kier alpha value is -0.650. The van der Waals surface area contributed by atoms with Crippen molar-refractivity contribution in [1.29, 1.82) is 0 Å². The molecule has 1 rings (SSSR count). The van der Waals surface area contributed by atoms with E-state index in [-0.39, 0.29) is 12.5 Å². The predicted octanol–water partition coefficient (Wildman–Crippen LogP) is -0.956. The monoisotopic (exact) mass is 215 g/mol. The lowest BCUT2D eigenvalue weighted by Gasteiger charge is -2.26. The molecule has 0 aromatic carbocycles. The van der Waals surface area contributed by atoms with E-state index in [1.54, 1.807) is 7.05 Å². The average molecular weight is 215 g/mol. The lowest BCUT2D eigenvalue weighted by Crippen LogP contribution is -2.43. The molecule has 1 fully saturated rings. The first-order chi connectivity index (χ1) is 7.33. The zero-order valence-electron chi connectivity index (χ0n) is 9.42. The van der Waals surface area contributed by atoms with Crippen LogP contribution < -0.4 is 10.6 Å². The second-order valence-corrected chi connectivity index (χ2v) is 3.67. The fraction of sp³-hybridized carbons (Fsp3) is 0.900. The smallest absolute Gasteiger partial charge is 0.245 e. The zero-order valence-corrected chi connectivity index (χ0v) is 9.42. The maximum Gasteiger partial charge on any atom is 0.245 e. The van der Waals surface area contributed by atoms with Gasteiger partial charge >= 0.3 is 0 Å². The van der Waals surface area contributed by atoms with Crippen molar-refractivity contribution in [3.8, 4) is 0 Å². The van der Waals surface area contributed by atoms with E-state index < -0.39 is 0 Å². The Labute approximate surface area is 91.2 Å². The van der Waals surface area contributed by atoms with Crippen molar-refractivity contribution >= 4 is 5.91 Å². The van der Waals surface area contributed by atoms with Gasteiger partial charge in [-0.1, -0.05) is 0 Å². The van der Waals surface area contributed by atoms with Crippen LogP contribution in [0.1, 0.15) is 6.42 Å². The van der Waals surface area contributed by atoms with Gasteiger partial charge in [-0.3, -0.25) is 4.79 Å². The Morgan fingerprint density at radius 3 is 2.87 bits per heavy atom. The van der Waals surface area contributed by atoms with Gasteiger partial charge in [0.2, 0.25) is 5.91 Å². The van der Waals surface area contributed by atoms with Crippen molar-refractivity contribution in [1.82, 2.24) is 15.5 Å². The van der Waals surface area contributed by atoms with Crippen LogP contribution in [0, 0.1) is 0 Å². The maximum absolute atomic E-state index is 10.8. The van der Waals surface area contributed by atoms with Gasteiger partial charge in [0.15, 0.2) is 0 Å². The molecule has 5 nitrogen and oxygen atoms in total. The number of ether oxygens (including phenoxy) is 1. The number of nitrogens with one attached hydrogen (secondary N) is 2. The molecule has 0 spiro atoms. The molecule has 0 radical (unpaired) electrons. The summed E-state index contributed by atoms with van der Waals surface area (Å²) in [6.07, 6.45) is 0.997. The molecule has 1 saturated heterocycles. The Balaban J connectivity index is 1.89. The molecule has 0 atom stereocenters. The average Bonchev–Trinajstić information content (AvgIpc) is 2.29. The van der Waals surface area contributed by atoms with Crippen molar-refractivity contribution in [2.24, 2.45) is 0 Å². The lowest BCUT2D eigenvalue weighted by atomic mass is 10.3. The van der Waals surface area contributed by atoms with Gasteiger partial charge in [-0.2, -0.15) is 0 Å². The van der Waals surface area contributed by atoms with Crippen LogP contribution in [0.25, 0.3) is 0 Å². The number of likely N-dealkylation sites (N-methyl/N-ethyl adjacent to an activating group) is 1. The van der Waals surface area contributed by atoms with E-state index in [0.717, 1.165) is 39.1 Å². The minimum atomic E-state index is -0.0582. The number of rotatable bonds is 6. The molecule has 88 valence electrons. The summed E-state index contributed by atoms with van der Waals surface area (Å²) < 4.78 is 5.22. The van der Waals surface area contributed by atoms with Crippen molar-refractivity contribution < 1.29 is 9.53 Å². The third-order valence-electron chi connectivity index (χ3n) is 2.48. The van der Waals surface area contributed by atoms with Crippen LogP contribution in [-0.2, 0) is 9.53 Å². The summed E-state index contributed by atoms with van der Waals surface area (Å²) in [7, 11) is 1.62. The molecule has 5 heteroatoms. The summed E-state index contributed by atoms with van der Waals surface area (Å²) in [5, 5.41) is 5.84. The summed E-state index contributed by atoms with van der Waals surface area (Å²) in [5.74, 6) is -0.0582. The number of carbonyl (C=O) groups excluding carboxylic acids is 1. The fourth-order valence-electron chi connectivity index (χ4n) is 1.56. The number of piperazine rings is 1. The van der Waals surface area contributed by atoms with Gasteiger partial charge in [0.25, 0.3) is 0 Å². The van der Waals surface area contributed by atoms with Crippen molar-refractivity contribution in [3.05, 3.63) is 0 Å². The quantitative estimate of drug-likeness (QED) is 0.561. The lowest BCUT2D eigenvalue weighted by molar-refractivity contribution is -0.125. The molecule has 15 heavy (non-hydrogen) atoms. The van der Waals surface area contributed by atoms with E-state index >= 15 is 0 Å². The van der Waals surface area contributed by atoms with E-state index in [2.05, 4.69) is 15.5 Å². The van der Waals surface area contributed by atoms with Crippen molar-refractivity contribution in [2.45, 2.75) is 6.42 Å². The van der Waals surface area contributed by atoms with Crippen LogP contribution in [0.2, 0.25) is 0 Å². The Kier molecular flexibility index (Phi) is 6.31. The maximum atomic E-state index is 10.8. The van der Waals surface area contributed by atoms with Gasteiger partial charge in [-0.25, -0.2) is 0 Å². The highest BCUT2D eigenvalue weighted by Gasteiger charge is 2.08. The number of hydrogen-bond acceptors (Lipinski definition) is 4. The van der Waals surface area contributed by atoms with Crippen LogP contribution >= 0.6 is 0 Å². The standard InChI is InChI=1S/C10H21N3O2/c1-11-10(14)9-15-8-2-5-13-6-3-12-4-7-13/h12H,2-9H2,1H3,(H,11,14). The molecule has 0 unspecified atom stereocenters. The summed E-state index contributed by atoms with van der Waals surface area (Å²) in [6, 6.07) is 0. The Bertz CT molecular complexity index is 182. The van der Waals surface area contributed by atoms with E-state index in [4.69, 9.17) is 4.74 Å². The van der Waals surface area contributed by atoms with Crippen LogP contribution in [0.4, 0.5) is 0 Å².